The van der Waals surface area contributed by atoms with Crippen LogP contribution < -0.4 is 10.5 Å². The summed E-state index contributed by atoms with van der Waals surface area (Å²) in [6.45, 7) is 7.48. The van der Waals surface area contributed by atoms with Gasteiger partial charge in [0, 0.05) is 31.2 Å². The van der Waals surface area contributed by atoms with E-state index in [2.05, 4.69) is 18.7 Å². The van der Waals surface area contributed by atoms with Gasteiger partial charge in [-0.05, 0) is 32.4 Å². The van der Waals surface area contributed by atoms with Gasteiger partial charge in [-0.1, -0.05) is 6.07 Å². The standard InChI is InChI=1S/C16H25FN2O2/c1-16(2)11-19(9-10-21-16)8-7-13(18)15-12(17)5-4-6-14(15)20-3/h4-6,13H,7-11,18H2,1-3H3. The highest BCUT2D eigenvalue weighted by atomic mass is 19.1. The van der Waals surface area contributed by atoms with Crippen molar-refractivity contribution in [2.45, 2.75) is 31.9 Å². The number of morpholine rings is 1. The summed E-state index contributed by atoms with van der Waals surface area (Å²) < 4.78 is 24.9. The largest absolute Gasteiger partial charge is 0.496 e. The smallest absolute Gasteiger partial charge is 0.131 e. The van der Waals surface area contributed by atoms with Crippen molar-refractivity contribution < 1.29 is 13.9 Å². The van der Waals surface area contributed by atoms with E-state index in [9.17, 15) is 4.39 Å². The molecular weight excluding hydrogens is 271 g/mol. The third kappa shape index (κ3) is 4.15. The maximum atomic E-state index is 14.0. The van der Waals surface area contributed by atoms with Crippen molar-refractivity contribution in [3.05, 3.63) is 29.6 Å². The minimum absolute atomic E-state index is 0.127. The van der Waals surface area contributed by atoms with E-state index in [-0.39, 0.29) is 17.5 Å². The van der Waals surface area contributed by atoms with Crippen LogP contribution in [0.4, 0.5) is 4.39 Å². The second-order valence-corrected chi connectivity index (χ2v) is 6.14. The van der Waals surface area contributed by atoms with Gasteiger partial charge in [-0.15, -0.1) is 0 Å². The quantitative estimate of drug-likeness (QED) is 0.906. The van der Waals surface area contributed by atoms with Gasteiger partial charge in [0.15, 0.2) is 0 Å². The normalized spacial score (nSPS) is 20.2. The van der Waals surface area contributed by atoms with Crippen molar-refractivity contribution in [1.29, 1.82) is 0 Å². The number of halogens is 1. The molecule has 1 atom stereocenters. The summed E-state index contributed by atoms with van der Waals surface area (Å²) >= 11 is 0. The lowest BCUT2D eigenvalue weighted by molar-refractivity contribution is -0.0863. The minimum atomic E-state index is -0.368. The lowest BCUT2D eigenvalue weighted by Crippen LogP contribution is -2.48. The number of hydrogen-bond acceptors (Lipinski definition) is 4. The molecule has 1 aromatic rings. The van der Waals surface area contributed by atoms with E-state index >= 15 is 0 Å². The fourth-order valence-electron chi connectivity index (χ4n) is 2.83. The van der Waals surface area contributed by atoms with E-state index in [1.807, 2.05) is 0 Å². The molecule has 5 heteroatoms. The summed E-state index contributed by atoms with van der Waals surface area (Å²) in [5.41, 5.74) is 6.52. The van der Waals surface area contributed by atoms with Crippen LogP contribution in [0.5, 0.6) is 5.75 Å². The van der Waals surface area contributed by atoms with Gasteiger partial charge >= 0.3 is 0 Å². The number of nitrogens with zero attached hydrogens (tertiary/aromatic N) is 1. The summed E-state index contributed by atoms with van der Waals surface area (Å²) in [6, 6.07) is 4.44. The molecule has 1 heterocycles. The average molecular weight is 296 g/mol. The predicted molar refractivity (Wildman–Crippen MR) is 81.0 cm³/mol. The molecule has 1 aromatic carbocycles. The molecule has 4 nitrogen and oxygen atoms in total. The molecule has 0 amide bonds. The van der Waals surface area contributed by atoms with Gasteiger partial charge in [0.25, 0.3) is 0 Å². The number of ether oxygens (including phenoxy) is 2. The highest BCUT2D eigenvalue weighted by molar-refractivity contribution is 5.37. The Labute approximate surface area is 126 Å². The first kappa shape index (κ1) is 16.2. The van der Waals surface area contributed by atoms with Gasteiger partial charge < -0.3 is 15.2 Å². The third-order valence-corrected chi connectivity index (χ3v) is 3.86. The summed E-state index contributed by atoms with van der Waals surface area (Å²) in [5, 5.41) is 0. The lowest BCUT2D eigenvalue weighted by atomic mass is 10.0. The maximum Gasteiger partial charge on any atom is 0.131 e. The van der Waals surface area contributed by atoms with Gasteiger partial charge in [0.2, 0.25) is 0 Å². The molecule has 1 aliphatic rings. The van der Waals surface area contributed by atoms with Crippen molar-refractivity contribution in [3.8, 4) is 5.75 Å². The van der Waals surface area contributed by atoms with Crippen LogP contribution in [0.2, 0.25) is 0 Å². The second-order valence-electron chi connectivity index (χ2n) is 6.14. The van der Waals surface area contributed by atoms with Crippen molar-refractivity contribution in [2.24, 2.45) is 5.73 Å². The zero-order valence-corrected chi connectivity index (χ0v) is 13.1. The molecule has 0 radical (unpaired) electrons. The van der Waals surface area contributed by atoms with Gasteiger partial charge in [0.05, 0.1) is 19.3 Å². The zero-order valence-electron chi connectivity index (χ0n) is 13.1. The van der Waals surface area contributed by atoms with E-state index in [0.717, 1.165) is 26.2 Å². The molecule has 0 saturated carbocycles. The van der Waals surface area contributed by atoms with Gasteiger partial charge in [-0.25, -0.2) is 4.39 Å². The Kier molecular flexibility index (Phi) is 5.19. The van der Waals surface area contributed by atoms with Crippen LogP contribution in [-0.2, 0) is 4.74 Å². The minimum Gasteiger partial charge on any atom is -0.496 e. The van der Waals surface area contributed by atoms with E-state index in [4.69, 9.17) is 15.2 Å². The van der Waals surface area contributed by atoms with Crippen molar-refractivity contribution in [2.75, 3.05) is 33.4 Å². The van der Waals surface area contributed by atoms with Crippen LogP contribution in [0.3, 0.4) is 0 Å². The summed E-state index contributed by atoms with van der Waals surface area (Å²) in [5.74, 6) is 0.217. The first-order chi connectivity index (χ1) is 9.93. The third-order valence-electron chi connectivity index (χ3n) is 3.86. The molecule has 21 heavy (non-hydrogen) atoms. The number of hydrogen-bond donors (Lipinski definition) is 1. The molecule has 0 bridgehead atoms. The van der Waals surface area contributed by atoms with E-state index < -0.39 is 0 Å². The second kappa shape index (κ2) is 6.73. The highest BCUT2D eigenvalue weighted by Crippen LogP contribution is 2.28. The van der Waals surface area contributed by atoms with E-state index in [0.29, 0.717) is 17.7 Å². The predicted octanol–water partition coefficient (Wildman–Crippen LogP) is 2.33. The molecular formula is C16H25FN2O2. The van der Waals surface area contributed by atoms with Crippen LogP contribution in [-0.4, -0.2) is 43.9 Å². The number of rotatable bonds is 5. The van der Waals surface area contributed by atoms with Crippen LogP contribution >= 0.6 is 0 Å². The molecule has 2 N–H and O–H groups in total. The molecule has 0 aliphatic carbocycles. The zero-order chi connectivity index (χ0) is 15.5. The molecule has 1 unspecified atom stereocenters. The summed E-state index contributed by atoms with van der Waals surface area (Å²) in [6.07, 6.45) is 0.688. The first-order valence-corrected chi connectivity index (χ1v) is 7.37. The van der Waals surface area contributed by atoms with Crippen LogP contribution in [0.25, 0.3) is 0 Å². The van der Waals surface area contributed by atoms with Gasteiger partial charge in [-0.3, -0.25) is 4.90 Å². The number of methoxy groups -OCH3 is 1. The lowest BCUT2D eigenvalue weighted by Gasteiger charge is -2.38. The van der Waals surface area contributed by atoms with Crippen LogP contribution in [0, 0.1) is 5.82 Å². The fourth-order valence-corrected chi connectivity index (χ4v) is 2.83. The SMILES string of the molecule is COc1cccc(F)c1C(N)CCN1CCOC(C)(C)C1. The Bertz CT molecular complexity index is 479. The Morgan fingerprint density at radius 1 is 1.48 bits per heavy atom. The summed E-state index contributed by atoms with van der Waals surface area (Å²) in [4.78, 5) is 2.32. The topological polar surface area (TPSA) is 47.7 Å². The van der Waals surface area contributed by atoms with E-state index in [1.54, 1.807) is 12.1 Å². The van der Waals surface area contributed by atoms with Gasteiger partial charge in [0.1, 0.15) is 11.6 Å². The molecule has 1 fully saturated rings. The first-order valence-electron chi connectivity index (χ1n) is 7.37. The molecule has 0 aromatic heterocycles. The Morgan fingerprint density at radius 2 is 2.24 bits per heavy atom. The van der Waals surface area contributed by atoms with Crippen molar-refractivity contribution >= 4 is 0 Å². The number of benzene rings is 1. The highest BCUT2D eigenvalue weighted by Gasteiger charge is 2.27. The summed E-state index contributed by atoms with van der Waals surface area (Å²) in [7, 11) is 1.54. The molecule has 1 aliphatic heterocycles. The van der Waals surface area contributed by atoms with Gasteiger partial charge in [-0.2, -0.15) is 0 Å². The Hall–Kier alpha value is -1.17. The molecule has 118 valence electrons. The van der Waals surface area contributed by atoms with Crippen LogP contribution in [0.1, 0.15) is 31.9 Å². The fraction of sp³-hybridized carbons (Fsp3) is 0.625. The molecule has 0 spiro atoms. The van der Waals surface area contributed by atoms with Crippen molar-refractivity contribution in [1.82, 2.24) is 4.90 Å². The Morgan fingerprint density at radius 3 is 2.90 bits per heavy atom. The number of nitrogens with two attached hydrogens (primary N) is 1. The Balaban J connectivity index is 1.97. The van der Waals surface area contributed by atoms with Crippen molar-refractivity contribution in [3.63, 3.8) is 0 Å². The average Bonchev–Trinajstić information content (AvgIpc) is 2.43. The monoisotopic (exact) mass is 296 g/mol. The van der Waals surface area contributed by atoms with E-state index in [1.165, 1.54) is 13.2 Å². The van der Waals surface area contributed by atoms with Crippen LogP contribution in [0.15, 0.2) is 18.2 Å². The maximum absolute atomic E-state index is 14.0. The molecule has 2 rings (SSSR count). The molecule has 1 saturated heterocycles.